The van der Waals surface area contributed by atoms with Crippen LogP contribution in [0, 0.1) is 6.92 Å². The van der Waals surface area contributed by atoms with E-state index < -0.39 is 0 Å². The number of thioether (sulfide) groups is 1. The van der Waals surface area contributed by atoms with Gasteiger partial charge < -0.3 is 14.6 Å². The fourth-order valence-corrected chi connectivity index (χ4v) is 4.16. The molecule has 0 bridgehead atoms. The predicted octanol–water partition coefficient (Wildman–Crippen LogP) is 4.59. The highest BCUT2D eigenvalue weighted by Gasteiger charge is 2.20. The highest BCUT2D eigenvalue weighted by Crippen LogP contribution is 2.29. The average molecular weight is 438 g/mol. The van der Waals surface area contributed by atoms with Crippen molar-refractivity contribution in [3.8, 4) is 5.75 Å². The van der Waals surface area contributed by atoms with Crippen LogP contribution in [0.5, 0.6) is 5.75 Å². The molecule has 10 heteroatoms. The van der Waals surface area contributed by atoms with Crippen LogP contribution in [0.1, 0.15) is 30.7 Å². The monoisotopic (exact) mass is 437 g/mol. The Morgan fingerprint density at radius 1 is 1.39 bits per heavy atom. The third kappa shape index (κ3) is 5.03. The minimum atomic E-state index is -0.339. The molecule has 0 unspecified atom stereocenters. The van der Waals surface area contributed by atoms with Gasteiger partial charge in [-0.15, -0.1) is 21.5 Å². The number of benzene rings is 1. The van der Waals surface area contributed by atoms with E-state index in [2.05, 4.69) is 20.5 Å². The third-order valence-corrected chi connectivity index (χ3v) is 5.87. The number of nitrogens with one attached hydrogen (secondary N) is 1. The van der Waals surface area contributed by atoms with Gasteiger partial charge in [-0.25, -0.2) is 4.98 Å². The fourth-order valence-electron chi connectivity index (χ4n) is 2.49. The summed E-state index contributed by atoms with van der Waals surface area (Å²) in [6.07, 6.45) is 1.39. The standard InChI is InChI=1S/C18H20ClN5O2S2/c1-4-24-16(12(3)26-14-8-6-5-7-13(14)19)22-23-18(24)27-10-15(25)21-17-20-9-11(2)28-17/h5-9,12H,4,10H2,1-3H3,(H,20,21,25)/t12-/m1/s1. The van der Waals surface area contributed by atoms with E-state index in [1.54, 1.807) is 12.3 Å². The van der Waals surface area contributed by atoms with Crippen LogP contribution in [0.4, 0.5) is 5.13 Å². The van der Waals surface area contributed by atoms with Crippen molar-refractivity contribution in [2.75, 3.05) is 11.1 Å². The lowest BCUT2D eigenvalue weighted by atomic mass is 10.3. The van der Waals surface area contributed by atoms with E-state index in [9.17, 15) is 4.79 Å². The number of anilines is 1. The van der Waals surface area contributed by atoms with Gasteiger partial charge in [-0.2, -0.15) is 0 Å². The topological polar surface area (TPSA) is 81.9 Å². The van der Waals surface area contributed by atoms with Crippen LogP contribution in [0.25, 0.3) is 0 Å². The van der Waals surface area contributed by atoms with Gasteiger partial charge in [0.2, 0.25) is 5.91 Å². The SMILES string of the molecule is CCn1c(SCC(=O)Nc2ncc(C)s2)nnc1[C@@H](C)Oc1ccccc1Cl. The van der Waals surface area contributed by atoms with Gasteiger partial charge in [0, 0.05) is 17.6 Å². The summed E-state index contributed by atoms with van der Waals surface area (Å²) in [5, 5.41) is 13.1. The van der Waals surface area contributed by atoms with Crippen molar-refractivity contribution in [2.24, 2.45) is 0 Å². The Hall–Kier alpha value is -2.10. The second-order valence-corrected chi connectivity index (χ2v) is 8.47. The number of amides is 1. The molecule has 2 aromatic heterocycles. The van der Waals surface area contributed by atoms with Crippen molar-refractivity contribution in [3.05, 3.63) is 46.2 Å². The van der Waals surface area contributed by atoms with E-state index in [4.69, 9.17) is 16.3 Å². The number of carbonyl (C=O) groups excluding carboxylic acids is 1. The lowest BCUT2D eigenvalue weighted by Crippen LogP contribution is -2.15. The first-order valence-electron chi connectivity index (χ1n) is 8.67. The zero-order valence-electron chi connectivity index (χ0n) is 15.7. The van der Waals surface area contributed by atoms with Crippen molar-refractivity contribution in [1.29, 1.82) is 0 Å². The lowest BCUT2D eigenvalue weighted by Gasteiger charge is -2.16. The first kappa shape index (κ1) is 20.6. The summed E-state index contributed by atoms with van der Waals surface area (Å²) in [7, 11) is 0. The molecule has 0 saturated carbocycles. The minimum absolute atomic E-state index is 0.132. The molecule has 0 radical (unpaired) electrons. The number of hydrogen-bond donors (Lipinski definition) is 1. The van der Waals surface area contributed by atoms with E-state index >= 15 is 0 Å². The lowest BCUT2D eigenvalue weighted by molar-refractivity contribution is -0.113. The van der Waals surface area contributed by atoms with Gasteiger partial charge in [0.15, 0.2) is 22.2 Å². The summed E-state index contributed by atoms with van der Waals surface area (Å²) < 4.78 is 7.88. The molecule has 148 valence electrons. The number of para-hydroxylation sites is 1. The number of aryl methyl sites for hydroxylation is 1. The molecule has 0 spiro atoms. The maximum Gasteiger partial charge on any atom is 0.236 e. The smallest absolute Gasteiger partial charge is 0.236 e. The zero-order chi connectivity index (χ0) is 20.1. The molecule has 1 aromatic carbocycles. The van der Waals surface area contributed by atoms with Crippen LogP contribution in [0.15, 0.2) is 35.6 Å². The predicted molar refractivity (Wildman–Crippen MR) is 112 cm³/mol. The molecule has 0 aliphatic heterocycles. The zero-order valence-corrected chi connectivity index (χ0v) is 18.1. The Balaban J connectivity index is 1.64. The summed E-state index contributed by atoms with van der Waals surface area (Å²) in [5.41, 5.74) is 0. The molecule has 3 aromatic rings. The van der Waals surface area contributed by atoms with Crippen molar-refractivity contribution >= 4 is 45.7 Å². The highest BCUT2D eigenvalue weighted by molar-refractivity contribution is 7.99. The number of ether oxygens (including phenoxy) is 1. The number of nitrogens with zero attached hydrogens (tertiary/aromatic N) is 4. The van der Waals surface area contributed by atoms with E-state index in [1.165, 1.54) is 23.1 Å². The highest BCUT2D eigenvalue weighted by atomic mass is 35.5. The van der Waals surface area contributed by atoms with Gasteiger partial charge in [-0.05, 0) is 32.9 Å². The Kier molecular flexibility index (Phi) is 6.93. The average Bonchev–Trinajstić information content (AvgIpc) is 3.27. The number of hydrogen-bond acceptors (Lipinski definition) is 7. The normalized spacial score (nSPS) is 12.0. The molecule has 1 N–H and O–H groups in total. The Labute approximate surface area is 176 Å². The van der Waals surface area contributed by atoms with E-state index in [0.717, 1.165) is 4.88 Å². The van der Waals surface area contributed by atoms with Crippen LogP contribution < -0.4 is 10.1 Å². The van der Waals surface area contributed by atoms with Gasteiger partial charge in [-0.3, -0.25) is 4.79 Å². The van der Waals surface area contributed by atoms with Gasteiger partial charge in [-0.1, -0.05) is 35.5 Å². The maximum absolute atomic E-state index is 12.2. The second kappa shape index (κ2) is 9.40. The first-order valence-corrected chi connectivity index (χ1v) is 10.8. The van der Waals surface area contributed by atoms with Crippen LogP contribution >= 0.6 is 34.7 Å². The summed E-state index contributed by atoms with van der Waals surface area (Å²) >= 11 is 8.94. The van der Waals surface area contributed by atoms with Crippen LogP contribution in [-0.4, -0.2) is 31.4 Å². The number of aromatic nitrogens is 4. The minimum Gasteiger partial charge on any atom is -0.481 e. The molecule has 7 nitrogen and oxygen atoms in total. The van der Waals surface area contributed by atoms with Crippen LogP contribution in [0.2, 0.25) is 5.02 Å². The molecule has 1 amide bonds. The number of rotatable bonds is 8. The maximum atomic E-state index is 12.2. The summed E-state index contributed by atoms with van der Waals surface area (Å²) in [6, 6.07) is 7.30. The van der Waals surface area contributed by atoms with Crippen molar-refractivity contribution in [3.63, 3.8) is 0 Å². The summed E-state index contributed by atoms with van der Waals surface area (Å²) in [6.45, 7) is 6.50. The quantitative estimate of drug-likeness (QED) is 0.519. The van der Waals surface area contributed by atoms with Gasteiger partial charge in [0.05, 0.1) is 10.8 Å². The molecule has 28 heavy (non-hydrogen) atoms. The molecule has 0 saturated heterocycles. The second-order valence-electron chi connectivity index (χ2n) is 5.89. The molecule has 0 aliphatic rings. The van der Waals surface area contributed by atoms with Crippen LogP contribution in [-0.2, 0) is 11.3 Å². The summed E-state index contributed by atoms with van der Waals surface area (Å²) in [5.74, 6) is 1.36. The number of thiazole rings is 1. The number of halogens is 1. The summed E-state index contributed by atoms with van der Waals surface area (Å²) in [4.78, 5) is 17.3. The molecule has 2 heterocycles. The first-order chi connectivity index (χ1) is 13.5. The van der Waals surface area contributed by atoms with Crippen molar-refractivity contribution < 1.29 is 9.53 Å². The number of carbonyl (C=O) groups is 1. The Morgan fingerprint density at radius 3 is 2.86 bits per heavy atom. The molecule has 1 atom stereocenters. The third-order valence-electron chi connectivity index (χ3n) is 3.77. The molecule has 0 fully saturated rings. The molecule has 0 aliphatic carbocycles. The van der Waals surface area contributed by atoms with Crippen molar-refractivity contribution in [2.45, 2.75) is 38.6 Å². The molecule has 3 rings (SSSR count). The molecular weight excluding hydrogens is 418 g/mol. The largest absolute Gasteiger partial charge is 0.481 e. The van der Waals surface area contributed by atoms with Gasteiger partial charge in [0.25, 0.3) is 0 Å². The van der Waals surface area contributed by atoms with Gasteiger partial charge in [0.1, 0.15) is 5.75 Å². The van der Waals surface area contributed by atoms with E-state index in [-0.39, 0.29) is 17.8 Å². The van der Waals surface area contributed by atoms with Gasteiger partial charge >= 0.3 is 0 Å². The Morgan fingerprint density at radius 2 is 2.18 bits per heavy atom. The molecular formula is C18H20ClN5O2S2. The van der Waals surface area contributed by atoms with Crippen molar-refractivity contribution in [1.82, 2.24) is 19.7 Å². The van der Waals surface area contributed by atoms with Crippen LogP contribution in [0.3, 0.4) is 0 Å². The Bertz CT molecular complexity index is 959. The van der Waals surface area contributed by atoms with E-state index in [0.29, 0.717) is 33.4 Å². The van der Waals surface area contributed by atoms with E-state index in [1.807, 2.05) is 43.5 Å². The fraction of sp³-hybridized carbons (Fsp3) is 0.333.